The summed E-state index contributed by atoms with van der Waals surface area (Å²) in [6, 6.07) is 0.785. The normalized spacial score (nSPS) is 43.4. The Morgan fingerprint density at radius 3 is 2.38 bits per heavy atom. The number of halogens is 1. The van der Waals surface area contributed by atoms with E-state index in [1.165, 1.54) is 57.8 Å². The Bertz CT molecular complexity index is 907. The maximum absolute atomic E-state index is 15.7. The molecular formula is C33H55FN4O2. The van der Waals surface area contributed by atoms with Crippen molar-refractivity contribution in [3.05, 3.63) is 0 Å². The Labute approximate surface area is 241 Å². The summed E-state index contributed by atoms with van der Waals surface area (Å²) in [6.07, 6.45) is 17.0. The van der Waals surface area contributed by atoms with Gasteiger partial charge in [0, 0.05) is 56.1 Å². The van der Waals surface area contributed by atoms with Crippen LogP contribution in [0.1, 0.15) is 117 Å². The van der Waals surface area contributed by atoms with Crippen LogP contribution in [0.5, 0.6) is 0 Å². The van der Waals surface area contributed by atoms with Gasteiger partial charge in [-0.3, -0.25) is 19.8 Å². The zero-order valence-corrected chi connectivity index (χ0v) is 25.2. The van der Waals surface area contributed by atoms with Gasteiger partial charge in [-0.25, -0.2) is 4.39 Å². The van der Waals surface area contributed by atoms with Gasteiger partial charge in [-0.15, -0.1) is 0 Å². The Kier molecular flexibility index (Phi) is 8.80. The van der Waals surface area contributed by atoms with Crippen LogP contribution in [-0.2, 0) is 9.59 Å². The highest BCUT2D eigenvalue weighted by Gasteiger charge is 2.60. The van der Waals surface area contributed by atoms with Gasteiger partial charge in [0.1, 0.15) is 6.17 Å². The number of carbonyl (C=O) groups is 2. The fourth-order valence-corrected chi connectivity index (χ4v) is 10.4. The summed E-state index contributed by atoms with van der Waals surface area (Å²) in [5.41, 5.74) is -0.227. The first-order valence-electron chi connectivity index (χ1n) is 17.1. The third-order valence-electron chi connectivity index (χ3n) is 12.5. The first kappa shape index (κ1) is 28.9. The Hall–Kier alpha value is -1.21. The fourth-order valence-electron chi connectivity index (χ4n) is 10.4. The Morgan fingerprint density at radius 2 is 1.62 bits per heavy atom. The van der Waals surface area contributed by atoms with Gasteiger partial charge < -0.3 is 10.2 Å². The van der Waals surface area contributed by atoms with Gasteiger partial charge in [-0.1, -0.05) is 45.4 Å². The number of likely N-dealkylation sites (tertiary alicyclic amines) is 2. The lowest BCUT2D eigenvalue weighted by Crippen LogP contribution is -2.62. The zero-order chi connectivity index (χ0) is 27.9. The summed E-state index contributed by atoms with van der Waals surface area (Å²) in [4.78, 5) is 30.6. The predicted octanol–water partition coefficient (Wildman–Crippen LogP) is 5.20. The van der Waals surface area contributed by atoms with Gasteiger partial charge >= 0.3 is 0 Å². The Balaban J connectivity index is 1.10. The van der Waals surface area contributed by atoms with E-state index < -0.39 is 6.17 Å². The summed E-state index contributed by atoms with van der Waals surface area (Å²) in [6.45, 7) is 7.03. The minimum absolute atomic E-state index is 0.0370. The highest BCUT2D eigenvalue weighted by molar-refractivity contribution is 5.82. The minimum Gasteiger partial charge on any atom is -0.352 e. The van der Waals surface area contributed by atoms with Crippen LogP contribution >= 0.6 is 0 Å². The van der Waals surface area contributed by atoms with Crippen LogP contribution in [-0.4, -0.2) is 77.1 Å². The average Bonchev–Trinajstić information content (AvgIpc) is 3.66. The monoisotopic (exact) mass is 558 g/mol. The summed E-state index contributed by atoms with van der Waals surface area (Å²) in [5, 5.41) is 7.39. The molecule has 226 valence electrons. The van der Waals surface area contributed by atoms with Crippen molar-refractivity contribution < 1.29 is 14.0 Å². The molecule has 0 aromatic carbocycles. The molecule has 3 heterocycles. The maximum Gasteiger partial charge on any atom is 0.237 e. The van der Waals surface area contributed by atoms with Gasteiger partial charge in [0.2, 0.25) is 11.8 Å². The number of nitrogens with one attached hydrogen (secondary N) is 2. The van der Waals surface area contributed by atoms with Gasteiger partial charge in [0.05, 0.1) is 6.04 Å². The van der Waals surface area contributed by atoms with Crippen LogP contribution in [0.25, 0.3) is 0 Å². The van der Waals surface area contributed by atoms with Crippen LogP contribution in [0, 0.1) is 23.7 Å². The molecule has 3 saturated carbocycles. The number of hydrogen-bond donors (Lipinski definition) is 2. The van der Waals surface area contributed by atoms with E-state index in [9.17, 15) is 9.59 Å². The SMILES string of the molecule is CC(=O)N1CC[C@H]2CN([C@H]3CCC[C@@H](NC(=O)C4CC5C(F)CCC(C)C5(C5CCCCCCCC5)N4)C3)C[C@H]21. The second-order valence-electron chi connectivity index (χ2n) is 14.7. The standard InChI is InChI=1S/C33H55FN4O2/c1-22-14-15-29(34)28-19-30(36-33(22,28)25-10-7-5-3-4-6-8-11-25)32(40)35-26-12-9-13-27(18-26)37-20-24-16-17-38(23(2)39)31(24)21-37/h22,24-31,36H,3-21H2,1-2H3,(H,35,40)/t22?,24-,26+,27-,28?,29?,30?,31+,33?/m0/s1. The van der Waals surface area contributed by atoms with Crippen LogP contribution in [0.2, 0.25) is 0 Å². The van der Waals surface area contributed by atoms with Crippen molar-refractivity contribution in [3.8, 4) is 0 Å². The van der Waals surface area contributed by atoms with Crippen molar-refractivity contribution >= 4 is 11.8 Å². The molecule has 6 aliphatic rings. The van der Waals surface area contributed by atoms with Gasteiger partial charge in [-0.2, -0.15) is 0 Å². The first-order chi connectivity index (χ1) is 19.4. The molecule has 7 heteroatoms. The number of hydrogen-bond acceptors (Lipinski definition) is 4. The van der Waals surface area contributed by atoms with Gasteiger partial charge in [0.25, 0.3) is 0 Å². The van der Waals surface area contributed by atoms with E-state index in [-0.39, 0.29) is 35.4 Å². The van der Waals surface area contributed by atoms with E-state index in [1.54, 1.807) is 6.92 Å². The molecule has 6 rings (SSSR count). The summed E-state index contributed by atoms with van der Waals surface area (Å²) >= 11 is 0. The van der Waals surface area contributed by atoms with Crippen LogP contribution in [0.15, 0.2) is 0 Å². The van der Waals surface area contributed by atoms with Crippen molar-refractivity contribution in [1.82, 2.24) is 20.4 Å². The number of alkyl halides is 1. The van der Waals surface area contributed by atoms with Crippen LogP contribution < -0.4 is 10.6 Å². The van der Waals surface area contributed by atoms with Gasteiger partial charge in [0.15, 0.2) is 0 Å². The first-order valence-corrected chi connectivity index (χ1v) is 17.1. The molecular weight excluding hydrogens is 503 g/mol. The number of fused-ring (bicyclic) bond motifs is 2. The van der Waals surface area contributed by atoms with Crippen molar-refractivity contribution in [1.29, 1.82) is 0 Å². The molecule has 3 saturated heterocycles. The predicted molar refractivity (Wildman–Crippen MR) is 157 cm³/mol. The molecule has 0 aromatic heterocycles. The molecule has 9 atom stereocenters. The largest absolute Gasteiger partial charge is 0.352 e. The molecule has 3 aliphatic carbocycles. The van der Waals surface area contributed by atoms with E-state index in [0.717, 1.165) is 51.7 Å². The molecule has 40 heavy (non-hydrogen) atoms. The Morgan fingerprint density at radius 1 is 0.875 bits per heavy atom. The molecule has 6 fully saturated rings. The van der Waals surface area contributed by atoms with Crippen LogP contribution in [0.3, 0.4) is 0 Å². The summed E-state index contributed by atoms with van der Waals surface area (Å²) in [5.74, 6) is 1.79. The van der Waals surface area contributed by atoms with E-state index in [1.807, 2.05) is 0 Å². The number of amides is 2. The highest BCUT2D eigenvalue weighted by Crippen LogP contribution is 2.53. The summed E-state index contributed by atoms with van der Waals surface area (Å²) < 4.78 is 15.7. The van der Waals surface area contributed by atoms with E-state index in [0.29, 0.717) is 42.7 Å². The molecule has 0 spiro atoms. The highest BCUT2D eigenvalue weighted by atomic mass is 19.1. The second kappa shape index (κ2) is 12.2. The van der Waals surface area contributed by atoms with Crippen molar-refractivity contribution in [3.63, 3.8) is 0 Å². The zero-order valence-electron chi connectivity index (χ0n) is 25.2. The molecule has 6 nitrogen and oxygen atoms in total. The summed E-state index contributed by atoms with van der Waals surface area (Å²) in [7, 11) is 0. The molecule has 3 aliphatic heterocycles. The smallest absolute Gasteiger partial charge is 0.237 e. The molecule has 2 amide bonds. The molecule has 2 N–H and O–H groups in total. The second-order valence-corrected chi connectivity index (χ2v) is 14.7. The lowest BCUT2D eigenvalue weighted by atomic mass is 9.59. The molecule has 0 aromatic rings. The maximum atomic E-state index is 15.7. The van der Waals surface area contributed by atoms with Crippen LogP contribution in [0.4, 0.5) is 4.39 Å². The van der Waals surface area contributed by atoms with E-state index in [2.05, 4.69) is 27.4 Å². The number of rotatable bonds is 4. The molecule has 0 radical (unpaired) electrons. The molecule has 0 bridgehead atoms. The van der Waals surface area contributed by atoms with E-state index in [4.69, 9.17) is 0 Å². The average molecular weight is 559 g/mol. The van der Waals surface area contributed by atoms with Crippen molar-refractivity contribution in [2.45, 2.75) is 152 Å². The molecule has 5 unspecified atom stereocenters. The number of carbonyl (C=O) groups excluding carboxylic acids is 2. The number of nitrogens with zero attached hydrogens (tertiary/aromatic N) is 2. The van der Waals surface area contributed by atoms with E-state index >= 15 is 4.39 Å². The van der Waals surface area contributed by atoms with Crippen molar-refractivity contribution in [2.24, 2.45) is 23.7 Å². The third kappa shape index (κ3) is 5.47. The quantitative estimate of drug-likeness (QED) is 0.498. The topological polar surface area (TPSA) is 64.7 Å². The van der Waals surface area contributed by atoms with Crippen molar-refractivity contribution in [2.75, 3.05) is 19.6 Å². The third-order valence-corrected chi connectivity index (χ3v) is 12.5. The lowest BCUT2D eigenvalue weighted by Gasteiger charge is -2.51. The lowest BCUT2D eigenvalue weighted by molar-refractivity contribution is -0.129. The minimum atomic E-state index is -0.794. The fraction of sp³-hybridized carbons (Fsp3) is 0.939. The van der Waals surface area contributed by atoms with Gasteiger partial charge in [-0.05, 0) is 82.0 Å².